The van der Waals surface area contributed by atoms with E-state index < -0.39 is 0 Å². The van der Waals surface area contributed by atoms with Gasteiger partial charge in [0.05, 0.1) is 23.2 Å². The van der Waals surface area contributed by atoms with Crippen LogP contribution in [0.3, 0.4) is 0 Å². The number of amides is 1. The molecule has 0 spiro atoms. The highest BCUT2D eigenvalue weighted by molar-refractivity contribution is 7.99. The van der Waals surface area contributed by atoms with Crippen LogP contribution in [0.2, 0.25) is 0 Å². The van der Waals surface area contributed by atoms with Crippen LogP contribution in [0.4, 0.5) is 5.69 Å². The standard InChI is InChI=1S/C15H13N7OS2/c1-8-6-9(2)22-14(16-8)18-19-15(22)24-7-12(23)17-10-4-3-5-11-13(10)21-25-20-11/h3-6H,7H2,1-2H3,(H,17,23). The number of carbonyl (C=O) groups is 1. The summed E-state index contributed by atoms with van der Waals surface area (Å²) >= 11 is 2.44. The summed E-state index contributed by atoms with van der Waals surface area (Å²) in [6.45, 7) is 3.88. The minimum absolute atomic E-state index is 0.139. The highest BCUT2D eigenvalue weighted by atomic mass is 32.2. The number of aryl methyl sites for hydroxylation is 2. The number of thioether (sulfide) groups is 1. The molecule has 126 valence electrons. The van der Waals surface area contributed by atoms with E-state index in [4.69, 9.17) is 0 Å². The minimum Gasteiger partial charge on any atom is -0.323 e. The Morgan fingerprint density at radius 1 is 1.28 bits per heavy atom. The van der Waals surface area contributed by atoms with Crippen LogP contribution in [0.1, 0.15) is 11.4 Å². The molecule has 3 heterocycles. The van der Waals surface area contributed by atoms with Crippen LogP contribution in [-0.2, 0) is 4.79 Å². The van der Waals surface area contributed by atoms with E-state index in [9.17, 15) is 4.79 Å². The molecule has 4 rings (SSSR count). The topological polar surface area (TPSA) is 98.0 Å². The summed E-state index contributed by atoms with van der Waals surface area (Å²) in [4.78, 5) is 16.6. The molecule has 1 N–H and O–H groups in total. The fourth-order valence-electron chi connectivity index (χ4n) is 2.52. The molecule has 4 aromatic rings. The smallest absolute Gasteiger partial charge is 0.256 e. The molecule has 1 aromatic carbocycles. The van der Waals surface area contributed by atoms with Crippen molar-refractivity contribution in [3.8, 4) is 0 Å². The van der Waals surface area contributed by atoms with E-state index >= 15 is 0 Å². The Kier molecular flexibility index (Phi) is 4.06. The van der Waals surface area contributed by atoms with Crippen molar-refractivity contribution in [3.63, 3.8) is 0 Å². The number of nitrogens with one attached hydrogen (secondary N) is 1. The summed E-state index contributed by atoms with van der Waals surface area (Å²) in [5.41, 5.74) is 4.01. The molecule has 0 aliphatic heterocycles. The predicted molar refractivity (Wildman–Crippen MR) is 97.0 cm³/mol. The van der Waals surface area contributed by atoms with Gasteiger partial charge in [0.15, 0.2) is 5.16 Å². The molecular weight excluding hydrogens is 358 g/mol. The number of carbonyl (C=O) groups excluding carboxylic acids is 1. The van der Waals surface area contributed by atoms with Crippen LogP contribution in [0, 0.1) is 13.8 Å². The van der Waals surface area contributed by atoms with Crippen molar-refractivity contribution in [1.82, 2.24) is 28.3 Å². The predicted octanol–water partition coefficient (Wildman–Crippen LogP) is 2.48. The van der Waals surface area contributed by atoms with Gasteiger partial charge in [0.2, 0.25) is 5.91 Å². The average Bonchev–Trinajstić information content (AvgIpc) is 3.20. The van der Waals surface area contributed by atoms with Gasteiger partial charge in [-0.1, -0.05) is 17.8 Å². The van der Waals surface area contributed by atoms with Gasteiger partial charge in [0, 0.05) is 11.4 Å². The van der Waals surface area contributed by atoms with E-state index in [0.29, 0.717) is 22.1 Å². The van der Waals surface area contributed by atoms with Crippen molar-refractivity contribution in [2.45, 2.75) is 19.0 Å². The molecule has 0 fully saturated rings. The van der Waals surface area contributed by atoms with Gasteiger partial charge in [-0.25, -0.2) is 4.98 Å². The second-order valence-electron chi connectivity index (χ2n) is 5.43. The van der Waals surface area contributed by atoms with E-state index in [1.54, 1.807) is 0 Å². The number of hydrogen-bond donors (Lipinski definition) is 1. The molecule has 0 aliphatic carbocycles. The number of nitrogens with zero attached hydrogens (tertiary/aromatic N) is 6. The number of aromatic nitrogens is 6. The zero-order chi connectivity index (χ0) is 17.4. The Bertz CT molecular complexity index is 1090. The first kappa shape index (κ1) is 15.9. The lowest BCUT2D eigenvalue weighted by molar-refractivity contribution is -0.113. The molecular formula is C15H13N7OS2. The summed E-state index contributed by atoms with van der Waals surface area (Å²) < 4.78 is 10.2. The normalized spacial score (nSPS) is 11.3. The summed E-state index contributed by atoms with van der Waals surface area (Å²) in [6.07, 6.45) is 0. The first-order chi connectivity index (χ1) is 12.1. The van der Waals surface area contributed by atoms with Crippen LogP contribution in [0.15, 0.2) is 29.4 Å². The lowest BCUT2D eigenvalue weighted by Crippen LogP contribution is -2.14. The van der Waals surface area contributed by atoms with Gasteiger partial charge in [-0.15, -0.1) is 10.2 Å². The molecule has 0 atom stereocenters. The third-order valence-corrected chi connectivity index (χ3v) is 5.03. The Labute approximate surface area is 151 Å². The van der Waals surface area contributed by atoms with Gasteiger partial charge in [-0.05, 0) is 32.0 Å². The van der Waals surface area contributed by atoms with E-state index in [0.717, 1.165) is 28.6 Å². The van der Waals surface area contributed by atoms with Crippen molar-refractivity contribution in [2.24, 2.45) is 0 Å². The molecule has 1 amide bonds. The second kappa shape index (κ2) is 6.37. The van der Waals surface area contributed by atoms with Gasteiger partial charge in [0.1, 0.15) is 11.0 Å². The lowest BCUT2D eigenvalue weighted by Gasteiger charge is -2.06. The Hall–Kier alpha value is -2.59. The van der Waals surface area contributed by atoms with Gasteiger partial charge in [-0.3, -0.25) is 9.20 Å². The minimum atomic E-state index is -0.139. The van der Waals surface area contributed by atoms with Crippen LogP contribution < -0.4 is 5.32 Å². The van der Waals surface area contributed by atoms with Crippen LogP contribution in [0.25, 0.3) is 16.8 Å². The maximum Gasteiger partial charge on any atom is 0.256 e. The van der Waals surface area contributed by atoms with E-state index in [2.05, 4.69) is 29.2 Å². The van der Waals surface area contributed by atoms with Crippen molar-refractivity contribution < 1.29 is 4.79 Å². The molecule has 0 saturated carbocycles. The lowest BCUT2D eigenvalue weighted by atomic mass is 10.2. The third kappa shape index (κ3) is 3.05. The van der Waals surface area contributed by atoms with Crippen LogP contribution >= 0.6 is 23.5 Å². The Balaban J connectivity index is 1.50. The maximum absolute atomic E-state index is 12.3. The zero-order valence-corrected chi connectivity index (χ0v) is 15.1. The first-order valence-corrected chi connectivity index (χ1v) is 9.17. The number of hydrogen-bond acceptors (Lipinski definition) is 8. The van der Waals surface area contributed by atoms with Crippen molar-refractivity contribution in [3.05, 3.63) is 35.7 Å². The number of benzene rings is 1. The molecule has 0 saturated heterocycles. The second-order valence-corrected chi connectivity index (χ2v) is 6.90. The third-order valence-electron chi connectivity index (χ3n) is 3.56. The number of anilines is 1. The van der Waals surface area contributed by atoms with E-state index in [1.165, 1.54) is 11.8 Å². The van der Waals surface area contributed by atoms with Crippen LogP contribution in [0.5, 0.6) is 0 Å². The first-order valence-electron chi connectivity index (χ1n) is 7.45. The Morgan fingerprint density at radius 2 is 2.16 bits per heavy atom. The molecule has 0 aliphatic rings. The fourth-order valence-corrected chi connectivity index (χ4v) is 3.85. The quantitative estimate of drug-likeness (QED) is 0.550. The van der Waals surface area contributed by atoms with Gasteiger partial charge in [-0.2, -0.15) is 8.75 Å². The Morgan fingerprint density at radius 3 is 3.04 bits per heavy atom. The molecule has 0 bridgehead atoms. The summed E-state index contributed by atoms with van der Waals surface area (Å²) in [5, 5.41) is 11.7. The molecule has 0 radical (unpaired) electrons. The number of rotatable bonds is 4. The maximum atomic E-state index is 12.3. The van der Waals surface area contributed by atoms with E-state index in [1.807, 2.05) is 42.5 Å². The molecule has 8 nitrogen and oxygen atoms in total. The molecule has 10 heteroatoms. The summed E-state index contributed by atoms with van der Waals surface area (Å²) in [6, 6.07) is 7.48. The van der Waals surface area contributed by atoms with Crippen molar-refractivity contribution in [2.75, 3.05) is 11.1 Å². The molecule has 3 aromatic heterocycles. The molecule has 25 heavy (non-hydrogen) atoms. The van der Waals surface area contributed by atoms with Gasteiger partial charge < -0.3 is 5.32 Å². The average molecular weight is 371 g/mol. The molecule has 0 unspecified atom stereocenters. The zero-order valence-electron chi connectivity index (χ0n) is 13.4. The van der Waals surface area contributed by atoms with Gasteiger partial charge in [0.25, 0.3) is 5.78 Å². The van der Waals surface area contributed by atoms with Gasteiger partial charge >= 0.3 is 0 Å². The van der Waals surface area contributed by atoms with Crippen LogP contribution in [-0.4, -0.2) is 40.0 Å². The number of fused-ring (bicyclic) bond motifs is 2. The SMILES string of the molecule is Cc1cc(C)n2c(SCC(=O)Nc3cccc4nsnc34)nnc2n1. The van der Waals surface area contributed by atoms with E-state index in [-0.39, 0.29) is 11.7 Å². The van der Waals surface area contributed by atoms with Crippen molar-refractivity contribution >= 4 is 51.9 Å². The largest absolute Gasteiger partial charge is 0.323 e. The fraction of sp³-hybridized carbons (Fsp3) is 0.200. The highest BCUT2D eigenvalue weighted by Crippen LogP contribution is 2.22. The highest BCUT2D eigenvalue weighted by Gasteiger charge is 2.13. The monoisotopic (exact) mass is 371 g/mol. The summed E-state index contributed by atoms with van der Waals surface area (Å²) in [7, 11) is 0. The summed E-state index contributed by atoms with van der Waals surface area (Å²) in [5.74, 6) is 0.612. The van der Waals surface area contributed by atoms with Crippen molar-refractivity contribution in [1.29, 1.82) is 0 Å².